The van der Waals surface area contributed by atoms with Crippen molar-refractivity contribution < 1.29 is 28.2 Å². The number of hydrogen-bond donors (Lipinski definition) is 2. The van der Waals surface area contributed by atoms with Crippen molar-refractivity contribution in [2.75, 3.05) is 20.2 Å². The molecule has 35 heavy (non-hydrogen) atoms. The Labute approximate surface area is 205 Å². The largest absolute Gasteiger partial charge is 0.492 e. The number of carbonyl (C=O) groups excluding carboxylic acids is 1. The topological polar surface area (TPSA) is 71.0 Å². The first kappa shape index (κ1) is 25.4. The van der Waals surface area contributed by atoms with Gasteiger partial charge in [0.25, 0.3) is 5.91 Å². The number of rotatable bonds is 8. The number of likely N-dealkylation sites (N-methyl/N-ethyl adjacent to an activating group) is 1. The lowest BCUT2D eigenvalue weighted by molar-refractivity contribution is -0.0507. The van der Waals surface area contributed by atoms with Gasteiger partial charge in [-0.2, -0.15) is 8.78 Å². The van der Waals surface area contributed by atoms with E-state index >= 15 is 0 Å². The van der Waals surface area contributed by atoms with E-state index in [-0.39, 0.29) is 17.1 Å². The maximum atomic E-state index is 13.2. The van der Waals surface area contributed by atoms with E-state index in [1.807, 2.05) is 13.1 Å². The van der Waals surface area contributed by atoms with Gasteiger partial charge in [0.2, 0.25) is 0 Å². The SMILES string of the molecule is C[C@H](NC(=O)c1ccc2c(c1)[C@H](O)CC2(C)C)c1ccc(OC[C@H]2CCCN2C)cc1OC(F)F. The van der Waals surface area contributed by atoms with Crippen LogP contribution in [0.5, 0.6) is 11.5 Å². The highest BCUT2D eigenvalue weighted by molar-refractivity contribution is 5.95. The highest BCUT2D eigenvalue weighted by Gasteiger charge is 2.36. The van der Waals surface area contributed by atoms with E-state index < -0.39 is 18.8 Å². The van der Waals surface area contributed by atoms with Gasteiger partial charge in [0.05, 0.1) is 12.1 Å². The van der Waals surface area contributed by atoms with Gasteiger partial charge in [-0.1, -0.05) is 19.9 Å². The third kappa shape index (κ3) is 5.59. The second kappa shape index (κ2) is 10.1. The van der Waals surface area contributed by atoms with E-state index in [2.05, 4.69) is 24.1 Å². The summed E-state index contributed by atoms with van der Waals surface area (Å²) >= 11 is 0. The summed E-state index contributed by atoms with van der Waals surface area (Å²) in [4.78, 5) is 15.2. The number of likely N-dealkylation sites (tertiary alicyclic amines) is 1. The lowest BCUT2D eigenvalue weighted by Crippen LogP contribution is -2.30. The van der Waals surface area contributed by atoms with Crippen LogP contribution in [0.2, 0.25) is 0 Å². The van der Waals surface area contributed by atoms with Crippen LogP contribution in [0, 0.1) is 0 Å². The van der Waals surface area contributed by atoms with Gasteiger partial charge >= 0.3 is 6.61 Å². The maximum Gasteiger partial charge on any atom is 0.387 e. The van der Waals surface area contributed by atoms with Crippen molar-refractivity contribution in [2.45, 2.75) is 70.2 Å². The van der Waals surface area contributed by atoms with Gasteiger partial charge < -0.3 is 24.8 Å². The molecule has 8 heteroatoms. The average Bonchev–Trinajstić information content (AvgIpc) is 3.30. The zero-order valence-corrected chi connectivity index (χ0v) is 20.7. The standard InChI is InChI=1S/C27H34F2N2O4/c1-16(30-25(33)17-7-10-22-21(12-17)23(32)14-27(22,2)3)20-9-8-19(13-24(20)35-26(28)29)34-15-18-6-5-11-31(18)4/h7-10,12-13,16,18,23,26,32H,5-6,11,14-15H2,1-4H3,(H,30,33)/t16-,18+,23+/m0/s1. The lowest BCUT2D eigenvalue weighted by Gasteiger charge is -2.22. The highest BCUT2D eigenvalue weighted by atomic mass is 19.3. The van der Waals surface area contributed by atoms with Gasteiger partial charge in [0, 0.05) is 23.2 Å². The minimum Gasteiger partial charge on any atom is -0.492 e. The molecule has 0 spiro atoms. The Morgan fingerprint density at radius 1 is 1.26 bits per heavy atom. The number of aliphatic hydroxyl groups excluding tert-OH is 1. The minimum atomic E-state index is -3.01. The molecule has 0 bridgehead atoms. The number of amides is 1. The molecule has 0 radical (unpaired) electrons. The fraction of sp³-hybridized carbons (Fsp3) is 0.519. The first-order valence-corrected chi connectivity index (χ1v) is 12.1. The summed E-state index contributed by atoms with van der Waals surface area (Å²) in [7, 11) is 2.04. The number of aliphatic hydroxyl groups is 1. The summed E-state index contributed by atoms with van der Waals surface area (Å²) < 4.78 is 36.9. The zero-order chi connectivity index (χ0) is 25.3. The molecule has 1 fully saturated rings. The van der Waals surface area contributed by atoms with Crippen LogP contribution in [-0.2, 0) is 5.41 Å². The Balaban J connectivity index is 1.48. The van der Waals surface area contributed by atoms with Crippen molar-refractivity contribution in [3.05, 3.63) is 58.7 Å². The summed E-state index contributed by atoms with van der Waals surface area (Å²) in [6.07, 6.45) is 2.13. The first-order valence-electron chi connectivity index (χ1n) is 12.1. The fourth-order valence-corrected chi connectivity index (χ4v) is 5.20. The number of benzene rings is 2. The Morgan fingerprint density at radius 2 is 2.03 bits per heavy atom. The summed E-state index contributed by atoms with van der Waals surface area (Å²) in [6, 6.07) is 9.82. The van der Waals surface area contributed by atoms with Gasteiger partial charge in [-0.15, -0.1) is 0 Å². The number of halogens is 2. The number of ether oxygens (including phenoxy) is 2. The number of carbonyl (C=O) groups is 1. The Hall–Kier alpha value is -2.71. The minimum absolute atomic E-state index is 0.0313. The van der Waals surface area contributed by atoms with E-state index in [4.69, 9.17) is 9.47 Å². The summed E-state index contributed by atoms with van der Waals surface area (Å²) in [5, 5.41) is 13.3. The normalized spacial score (nSPS) is 22.2. The Morgan fingerprint density at radius 3 is 2.71 bits per heavy atom. The van der Waals surface area contributed by atoms with Crippen LogP contribution in [0.4, 0.5) is 8.78 Å². The van der Waals surface area contributed by atoms with Gasteiger partial charge in [-0.05, 0) is 80.6 Å². The predicted octanol–water partition coefficient (Wildman–Crippen LogP) is 4.97. The van der Waals surface area contributed by atoms with Crippen molar-refractivity contribution >= 4 is 5.91 Å². The summed E-state index contributed by atoms with van der Waals surface area (Å²) in [5.41, 5.74) is 2.46. The molecule has 2 aliphatic rings. The molecule has 2 N–H and O–H groups in total. The molecule has 4 rings (SSSR count). The van der Waals surface area contributed by atoms with Gasteiger partial charge in [-0.25, -0.2) is 0 Å². The van der Waals surface area contributed by atoms with Gasteiger partial charge in [-0.3, -0.25) is 4.79 Å². The number of hydrogen-bond acceptors (Lipinski definition) is 5. The molecule has 1 heterocycles. The molecule has 2 aromatic rings. The second-order valence-electron chi connectivity index (χ2n) is 10.3. The summed E-state index contributed by atoms with van der Waals surface area (Å²) in [5.74, 6) is 0.0550. The van der Waals surface area contributed by atoms with Crippen LogP contribution in [0.3, 0.4) is 0 Å². The predicted molar refractivity (Wildman–Crippen MR) is 129 cm³/mol. The van der Waals surface area contributed by atoms with Gasteiger partial charge in [0.15, 0.2) is 0 Å². The number of nitrogens with one attached hydrogen (secondary N) is 1. The van der Waals surface area contributed by atoms with E-state index in [0.29, 0.717) is 35.9 Å². The summed E-state index contributed by atoms with van der Waals surface area (Å²) in [6.45, 7) is 4.32. The number of alkyl halides is 2. The van der Waals surface area contributed by atoms with Crippen LogP contribution in [0.25, 0.3) is 0 Å². The molecule has 2 aromatic carbocycles. The molecular formula is C27H34F2N2O4. The molecule has 3 atom stereocenters. The van der Waals surface area contributed by atoms with Crippen LogP contribution in [0.15, 0.2) is 36.4 Å². The van der Waals surface area contributed by atoms with Crippen molar-refractivity contribution in [1.29, 1.82) is 0 Å². The number of nitrogens with zero attached hydrogens (tertiary/aromatic N) is 1. The van der Waals surface area contributed by atoms with E-state index in [1.165, 1.54) is 6.07 Å². The Bertz CT molecular complexity index is 1080. The smallest absolute Gasteiger partial charge is 0.387 e. The van der Waals surface area contributed by atoms with Crippen LogP contribution < -0.4 is 14.8 Å². The highest BCUT2D eigenvalue weighted by Crippen LogP contribution is 2.44. The lowest BCUT2D eigenvalue weighted by atomic mass is 9.86. The van der Waals surface area contributed by atoms with Crippen LogP contribution in [0.1, 0.15) is 79.2 Å². The van der Waals surface area contributed by atoms with Crippen molar-refractivity contribution in [3.8, 4) is 11.5 Å². The van der Waals surface area contributed by atoms with E-state index in [9.17, 15) is 18.7 Å². The van der Waals surface area contributed by atoms with Gasteiger partial charge in [0.1, 0.15) is 18.1 Å². The zero-order valence-electron chi connectivity index (χ0n) is 20.7. The molecular weight excluding hydrogens is 454 g/mol. The van der Waals surface area contributed by atoms with Crippen molar-refractivity contribution in [1.82, 2.24) is 10.2 Å². The molecule has 1 aliphatic heterocycles. The molecule has 1 amide bonds. The number of fused-ring (bicyclic) bond motifs is 1. The van der Waals surface area contributed by atoms with Crippen molar-refractivity contribution in [2.24, 2.45) is 0 Å². The average molecular weight is 489 g/mol. The fourth-order valence-electron chi connectivity index (χ4n) is 5.20. The van der Waals surface area contributed by atoms with Crippen LogP contribution >= 0.6 is 0 Å². The van der Waals surface area contributed by atoms with Crippen molar-refractivity contribution in [3.63, 3.8) is 0 Å². The third-order valence-electron chi connectivity index (χ3n) is 7.23. The van der Waals surface area contributed by atoms with E-state index in [1.54, 1.807) is 31.2 Å². The Kier molecular flexibility index (Phi) is 7.33. The second-order valence-corrected chi connectivity index (χ2v) is 10.3. The quantitative estimate of drug-likeness (QED) is 0.549. The van der Waals surface area contributed by atoms with E-state index in [0.717, 1.165) is 30.5 Å². The molecule has 190 valence electrons. The molecule has 1 saturated heterocycles. The molecule has 0 unspecified atom stereocenters. The third-order valence-corrected chi connectivity index (χ3v) is 7.23. The molecule has 6 nitrogen and oxygen atoms in total. The first-order chi connectivity index (χ1) is 16.5. The monoisotopic (exact) mass is 488 g/mol. The van der Waals surface area contributed by atoms with Crippen LogP contribution in [-0.4, -0.2) is 48.8 Å². The molecule has 0 aromatic heterocycles. The molecule has 0 saturated carbocycles. The maximum absolute atomic E-state index is 13.2. The molecule has 1 aliphatic carbocycles.